The molecule has 1 heterocycles. The maximum atomic E-state index is 13.7. The number of methoxy groups -OCH3 is 1. The van der Waals surface area contributed by atoms with E-state index < -0.39 is 11.7 Å². The third-order valence-corrected chi connectivity index (χ3v) is 4.47. The van der Waals surface area contributed by atoms with Crippen LogP contribution in [-0.2, 0) is 10.9 Å². The van der Waals surface area contributed by atoms with E-state index in [-0.39, 0.29) is 24.0 Å². The fourth-order valence-corrected chi connectivity index (χ4v) is 3.21. The highest BCUT2D eigenvalue weighted by molar-refractivity contribution is 6.02. The van der Waals surface area contributed by atoms with Gasteiger partial charge in [0, 0.05) is 30.8 Å². The van der Waals surface area contributed by atoms with E-state index in [1.165, 1.54) is 25.5 Å². The highest BCUT2D eigenvalue weighted by Gasteiger charge is 2.35. The Hall–Kier alpha value is -3.00. The zero-order chi connectivity index (χ0) is 21.0. The highest BCUT2D eigenvalue weighted by Crippen LogP contribution is 2.39. The first kappa shape index (κ1) is 20.7. The van der Waals surface area contributed by atoms with Gasteiger partial charge in [0.25, 0.3) is 0 Å². The summed E-state index contributed by atoms with van der Waals surface area (Å²) in [5.41, 5.74) is 0.549. The molecular weight excluding hydrogens is 383 g/mol. The lowest BCUT2D eigenvalue weighted by Gasteiger charge is -2.26. The summed E-state index contributed by atoms with van der Waals surface area (Å²) in [6.07, 6.45) is -2.49. The van der Waals surface area contributed by atoms with Gasteiger partial charge in [0.15, 0.2) is 5.88 Å². The number of para-hydroxylation sites is 1. The number of aliphatic imine (C=N–C) groups is 1. The number of hydrogen-bond donors (Lipinski definition) is 2. The molecule has 0 unspecified atom stereocenters. The van der Waals surface area contributed by atoms with Crippen molar-refractivity contribution in [2.24, 2.45) is 4.99 Å². The van der Waals surface area contributed by atoms with Gasteiger partial charge in [-0.25, -0.2) is 0 Å². The molecule has 0 saturated carbocycles. The Balaban J connectivity index is 2.00. The third kappa shape index (κ3) is 4.54. The summed E-state index contributed by atoms with van der Waals surface area (Å²) in [7, 11) is 1.45. The van der Waals surface area contributed by atoms with Crippen LogP contribution < -0.4 is 4.90 Å². The molecule has 5 nitrogen and oxygen atoms in total. The molecule has 0 spiro atoms. The van der Waals surface area contributed by atoms with Crippen LogP contribution in [0, 0.1) is 0 Å². The van der Waals surface area contributed by atoms with E-state index in [9.17, 15) is 18.3 Å². The number of aromatic hydroxyl groups is 1. The molecule has 2 aromatic carbocycles. The predicted molar refractivity (Wildman–Crippen MR) is 108 cm³/mol. The van der Waals surface area contributed by atoms with Crippen LogP contribution in [0.5, 0.6) is 5.88 Å². The number of hydrogen-bond acceptors (Lipinski definition) is 4. The fraction of sp³-hybridized carbons (Fsp3) is 0.286. The molecular formula is C21H22F3N3O2. The number of aromatic nitrogens is 1. The molecule has 0 atom stereocenters. The number of ether oxygens (including phenoxy) is 1. The molecule has 3 rings (SSSR count). The number of H-pyrrole nitrogens is 1. The average Bonchev–Trinajstić information content (AvgIpc) is 3.00. The minimum atomic E-state index is -4.54. The van der Waals surface area contributed by atoms with E-state index in [0.717, 1.165) is 11.5 Å². The van der Waals surface area contributed by atoms with Crippen LogP contribution in [0.3, 0.4) is 0 Å². The van der Waals surface area contributed by atoms with E-state index in [1.807, 2.05) is 19.1 Å². The van der Waals surface area contributed by atoms with Crippen molar-refractivity contribution in [3.05, 3.63) is 53.6 Å². The largest absolute Gasteiger partial charge is 0.494 e. The quantitative estimate of drug-likeness (QED) is 0.405. The van der Waals surface area contributed by atoms with Gasteiger partial charge in [-0.2, -0.15) is 13.2 Å². The zero-order valence-electron chi connectivity index (χ0n) is 16.1. The van der Waals surface area contributed by atoms with Crippen LogP contribution in [0.4, 0.5) is 24.5 Å². The topological polar surface area (TPSA) is 60.9 Å². The monoisotopic (exact) mass is 405 g/mol. The van der Waals surface area contributed by atoms with E-state index in [1.54, 1.807) is 17.0 Å². The molecule has 0 aliphatic carbocycles. The summed E-state index contributed by atoms with van der Waals surface area (Å²) >= 11 is 0. The number of halogens is 3. The lowest BCUT2D eigenvalue weighted by molar-refractivity contribution is -0.137. The Labute approximate surface area is 166 Å². The van der Waals surface area contributed by atoms with E-state index in [0.29, 0.717) is 24.0 Å². The Kier molecular flexibility index (Phi) is 6.12. The third-order valence-electron chi connectivity index (χ3n) is 4.47. The summed E-state index contributed by atoms with van der Waals surface area (Å²) in [6.45, 7) is 2.38. The predicted octanol–water partition coefficient (Wildman–Crippen LogP) is 5.46. The molecule has 29 heavy (non-hydrogen) atoms. The van der Waals surface area contributed by atoms with Crippen LogP contribution in [0.25, 0.3) is 10.9 Å². The zero-order valence-corrected chi connectivity index (χ0v) is 16.1. The van der Waals surface area contributed by atoms with Crippen molar-refractivity contribution >= 4 is 28.5 Å². The van der Waals surface area contributed by atoms with Gasteiger partial charge in [-0.05, 0) is 30.7 Å². The number of nitrogens with one attached hydrogen (secondary N) is 1. The summed E-state index contributed by atoms with van der Waals surface area (Å²) in [5.74, 6) is -0.0863. The molecule has 0 aliphatic rings. The first-order valence-corrected chi connectivity index (χ1v) is 9.14. The summed E-state index contributed by atoms with van der Waals surface area (Å²) in [5, 5.41) is 10.8. The average molecular weight is 405 g/mol. The van der Waals surface area contributed by atoms with Crippen molar-refractivity contribution in [1.29, 1.82) is 0 Å². The molecule has 0 amide bonds. The maximum Gasteiger partial charge on any atom is 0.418 e. The number of anilines is 1. The number of alkyl halides is 3. The molecule has 0 bridgehead atoms. The second kappa shape index (κ2) is 8.57. The standard InChI is InChI=1S/C21H22F3N3O2/c1-3-10-27(13-29-2)19-9-8-14(11-17(19)21(22,23)24)25-12-16-15-6-4-5-7-18(15)26-20(16)28/h4-9,11-12,26,28H,3,10,13H2,1-2H3. The minimum absolute atomic E-state index is 0.0510. The van der Waals surface area contributed by atoms with E-state index in [4.69, 9.17) is 4.74 Å². The first-order valence-electron chi connectivity index (χ1n) is 9.14. The van der Waals surface area contributed by atoms with Gasteiger partial charge < -0.3 is 19.7 Å². The molecule has 2 N–H and O–H groups in total. The van der Waals surface area contributed by atoms with Gasteiger partial charge in [0.1, 0.15) is 6.73 Å². The second-order valence-corrected chi connectivity index (χ2v) is 6.57. The molecule has 0 saturated heterocycles. The molecule has 3 aromatic rings. The van der Waals surface area contributed by atoms with Crippen molar-refractivity contribution in [3.8, 4) is 5.88 Å². The number of fused-ring (bicyclic) bond motifs is 1. The number of benzene rings is 2. The minimum Gasteiger partial charge on any atom is -0.494 e. The molecule has 1 aromatic heterocycles. The number of rotatable bonds is 7. The Bertz CT molecular complexity index is 1010. The van der Waals surface area contributed by atoms with Crippen LogP contribution >= 0.6 is 0 Å². The molecule has 0 aliphatic heterocycles. The Morgan fingerprint density at radius 3 is 2.66 bits per heavy atom. The van der Waals surface area contributed by atoms with Crippen molar-refractivity contribution in [3.63, 3.8) is 0 Å². The van der Waals surface area contributed by atoms with Crippen molar-refractivity contribution < 1.29 is 23.0 Å². The normalized spacial score (nSPS) is 12.2. The number of aromatic amines is 1. The molecule has 8 heteroatoms. The summed E-state index contributed by atoms with van der Waals surface area (Å²) < 4.78 is 46.1. The van der Waals surface area contributed by atoms with Crippen molar-refractivity contribution in [1.82, 2.24) is 4.98 Å². The molecule has 154 valence electrons. The van der Waals surface area contributed by atoms with E-state index in [2.05, 4.69) is 9.98 Å². The second-order valence-electron chi connectivity index (χ2n) is 6.57. The van der Waals surface area contributed by atoms with Gasteiger partial charge >= 0.3 is 6.18 Å². The van der Waals surface area contributed by atoms with Crippen LogP contribution in [-0.4, -0.2) is 36.7 Å². The van der Waals surface area contributed by atoms with Gasteiger partial charge in [-0.15, -0.1) is 0 Å². The molecule has 0 fully saturated rings. The molecule has 0 radical (unpaired) electrons. The van der Waals surface area contributed by atoms with Crippen LogP contribution in [0.1, 0.15) is 24.5 Å². The maximum absolute atomic E-state index is 13.7. The van der Waals surface area contributed by atoms with E-state index >= 15 is 0 Å². The van der Waals surface area contributed by atoms with Gasteiger partial charge in [-0.3, -0.25) is 4.99 Å². The smallest absolute Gasteiger partial charge is 0.418 e. The van der Waals surface area contributed by atoms with Crippen LogP contribution in [0.2, 0.25) is 0 Å². The lowest BCUT2D eigenvalue weighted by atomic mass is 10.1. The van der Waals surface area contributed by atoms with Crippen molar-refractivity contribution in [2.45, 2.75) is 19.5 Å². The van der Waals surface area contributed by atoms with Gasteiger partial charge in [0.2, 0.25) is 0 Å². The summed E-state index contributed by atoms with van der Waals surface area (Å²) in [4.78, 5) is 8.53. The Morgan fingerprint density at radius 2 is 1.97 bits per heavy atom. The van der Waals surface area contributed by atoms with Crippen molar-refractivity contribution in [2.75, 3.05) is 25.3 Å². The lowest BCUT2D eigenvalue weighted by Crippen LogP contribution is -2.28. The Morgan fingerprint density at radius 1 is 1.21 bits per heavy atom. The number of nitrogens with zero attached hydrogens (tertiary/aromatic N) is 2. The summed E-state index contributed by atoms with van der Waals surface area (Å²) in [6, 6.07) is 11.1. The fourth-order valence-electron chi connectivity index (χ4n) is 3.21. The SMILES string of the molecule is CCCN(COC)c1ccc(N=Cc2c(O)[nH]c3ccccc23)cc1C(F)(F)F. The van der Waals surface area contributed by atoms with Crippen LogP contribution in [0.15, 0.2) is 47.5 Å². The van der Waals surface area contributed by atoms with Gasteiger partial charge in [-0.1, -0.05) is 25.1 Å². The van der Waals surface area contributed by atoms with Gasteiger partial charge in [0.05, 0.1) is 22.5 Å². The highest BCUT2D eigenvalue weighted by atomic mass is 19.4. The first-order chi connectivity index (χ1) is 13.8.